The molecule has 21 heavy (non-hydrogen) atoms. The highest BCUT2D eigenvalue weighted by Gasteiger charge is 2.08. The van der Waals surface area contributed by atoms with Gasteiger partial charge in [0.05, 0.1) is 6.61 Å². The minimum Gasteiger partial charge on any atom is -0.491 e. The smallest absolute Gasteiger partial charge is 0.256 e. The van der Waals surface area contributed by atoms with E-state index in [0.717, 1.165) is 0 Å². The number of nitrogens with zero attached hydrogens (tertiary/aromatic N) is 1. The molecule has 0 aliphatic carbocycles. The van der Waals surface area contributed by atoms with Gasteiger partial charge in [-0.25, -0.2) is 0 Å². The van der Waals surface area contributed by atoms with Crippen LogP contribution in [0.5, 0.6) is 5.75 Å². The quantitative estimate of drug-likeness (QED) is 0.793. The number of carbonyl (C=O) groups excluding carboxylic acids is 1. The third kappa shape index (κ3) is 4.61. The number of nitrogens with one attached hydrogen (secondary N) is 1. The largest absolute Gasteiger partial charge is 0.491 e. The van der Waals surface area contributed by atoms with Gasteiger partial charge >= 0.3 is 0 Å². The average Bonchev–Trinajstić information content (AvgIpc) is 2.89. The van der Waals surface area contributed by atoms with Crippen LogP contribution in [0.2, 0.25) is 0 Å². The van der Waals surface area contributed by atoms with Crippen LogP contribution >= 0.6 is 0 Å². The zero-order valence-electron chi connectivity index (χ0n) is 12.1. The number of hydrogen-bond donors (Lipinski definition) is 1. The van der Waals surface area contributed by atoms with Crippen LogP contribution in [0, 0.1) is 6.92 Å². The summed E-state index contributed by atoms with van der Waals surface area (Å²) < 4.78 is 15.5. The SMILES string of the molecule is CCOCCOc1ccc(C(=O)Nc2cc(C)on2)cc1. The molecule has 0 spiro atoms. The third-order valence-corrected chi connectivity index (χ3v) is 2.69. The van der Waals surface area contributed by atoms with Crippen LogP contribution in [0.15, 0.2) is 34.9 Å². The number of ether oxygens (including phenoxy) is 2. The molecule has 0 atom stereocenters. The molecule has 0 bridgehead atoms. The van der Waals surface area contributed by atoms with Gasteiger partial charge < -0.3 is 19.3 Å². The normalized spacial score (nSPS) is 10.4. The van der Waals surface area contributed by atoms with Gasteiger partial charge in [0.1, 0.15) is 18.1 Å². The molecule has 0 fully saturated rings. The summed E-state index contributed by atoms with van der Waals surface area (Å²) in [7, 11) is 0. The van der Waals surface area contributed by atoms with Crippen molar-refractivity contribution in [2.24, 2.45) is 0 Å². The molecule has 0 aliphatic heterocycles. The van der Waals surface area contributed by atoms with E-state index in [0.29, 0.717) is 42.7 Å². The van der Waals surface area contributed by atoms with Gasteiger partial charge in [-0.1, -0.05) is 5.16 Å². The van der Waals surface area contributed by atoms with Crippen LogP contribution in [-0.4, -0.2) is 30.9 Å². The van der Waals surface area contributed by atoms with Gasteiger partial charge in [-0.15, -0.1) is 0 Å². The standard InChI is InChI=1S/C15H18N2O4/c1-3-19-8-9-20-13-6-4-12(5-7-13)15(18)16-14-10-11(2)21-17-14/h4-7,10H,3,8-9H2,1-2H3,(H,16,17,18). The van der Waals surface area contributed by atoms with Crippen molar-refractivity contribution >= 4 is 11.7 Å². The van der Waals surface area contributed by atoms with Crippen molar-refractivity contribution < 1.29 is 18.8 Å². The first-order valence-corrected chi connectivity index (χ1v) is 6.74. The Bertz CT molecular complexity index is 578. The van der Waals surface area contributed by atoms with Gasteiger partial charge in [0.2, 0.25) is 0 Å². The fourth-order valence-electron chi connectivity index (χ4n) is 1.68. The molecule has 1 amide bonds. The van der Waals surface area contributed by atoms with Crippen LogP contribution in [0.25, 0.3) is 0 Å². The Morgan fingerprint density at radius 2 is 2.05 bits per heavy atom. The van der Waals surface area contributed by atoms with Gasteiger partial charge in [0.15, 0.2) is 5.82 Å². The van der Waals surface area contributed by atoms with Crippen LogP contribution in [0.4, 0.5) is 5.82 Å². The molecular formula is C15H18N2O4. The van der Waals surface area contributed by atoms with Crippen molar-refractivity contribution in [3.8, 4) is 5.75 Å². The van der Waals surface area contributed by atoms with Gasteiger partial charge in [-0.2, -0.15) is 0 Å². The van der Waals surface area contributed by atoms with Crippen molar-refractivity contribution in [3.63, 3.8) is 0 Å². The van der Waals surface area contributed by atoms with E-state index >= 15 is 0 Å². The first-order valence-electron chi connectivity index (χ1n) is 6.74. The lowest BCUT2D eigenvalue weighted by atomic mass is 10.2. The van der Waals surface area contributed by atoms with Crippen molar-refractivity contribution in [3.05, 3.63) is 41.7 Å². The van der Waals surface area contributed by atoms with E-state index < -0.39 is 0 Å². The number of carbonyl (C=O) groups is 1. The lowest BCUT2D eigenvalue weighted by molar-refractivity contribution is 0.102. The Kier molecular flexibility index (Phi) is 5.34. The molecule has 1 heterocycles. The molecule has 112 valence electrons. The Labute approximate surface area is 123 Å². The summed E-state index contributed by atoms with van der Waals surface area (Å²) in [6.07, 6.45) is 0. The lowest BCUT2D eigenvalue weighted by Gasteiger charge is -2.07. The molecule has 0 unspecified atom stereocenters. The first kappa shape index (κ1) is 15.1. The average molecular weight is 290 g/mol. The zero-order valence-corrected chi connectivity index (χ0v) is 12.1. The Hall–Kier alpha value is -2.34. The maximum absolute atomic E-state index is 12.0. The fraction of sp³-hybridized carbons (Fsp3) is 0.333. The van der Waals surface area contributed by atoms with Gasteiger partial charge in [-0.05, 0) is 38.1 Å². The molecule has 6 nitrogen and oxygen atoms in total. The molecule has 0 saturated heterocycles. The summed E-state index contributed by atoms with van der Waals surface area (Å²) in [5.41, 5.74) is 0.521. The van der Waals surface area contributed by atoms with Crippen LogP contribution in [0.1, 0.15) is 23.0 Å². The predicted molar refractivity (Wildman–Crippen MR) is 77.6 cm³/mol. The van der Waals surface area contributed by atoms with E-state index in [2.05, 4.69) is 10.5 Å². The summed E-state index contributed by atoms with van der Waals surface area (Å²) in [6.45, 7) is 5.40. The summed E-state index contributed by atoms with van der Waals surface area (Å²) >= 11 is 0. The third-order valence-electron chi connectivity index (χ3n) is 2.69. The number of amides is 1. The first-order chi connectivity index (χ1) is 10.2. The molecule has 0 saturated carbocycles. The van der Waals surface area contributed by atoms with Crippen LogP contribution in [-0.2, 0) is 4.74 Å². The Morgan fingerprint density at radius 1 is 1.29 bits per heavy atom. The Balaban J connectivity index is 1.87. The molecular weight excluding hydrogens is 272 g/mol. The van der Waals surface area contributed by atoms with Crippen molar-refractivity contribution in [1.82, 2.24) is 5.16 Å². The minimum absolute atomic E-state index is 0.246. The zero-order chi connectivity index (χ0) is 15.1. The van der Waals surface area contributed by atoms with Gasteiger partial charge in [0, 0.05) is 18.2 Å². The van der Waals surface area contributed by atoms with Crippen molar-refractivity contribution in [2.45, 2.75) is 13.8 Å². The second-order valence-electron chi connectivity index (χ2n) is 4.35. The maximum atomic E-state index is 12.0. The second-order valence-corrected chi connectivity index (χ2v) is 4.35. The topological polar surface area (TPSA) is 73.6 Å². The number of rotatable bonds is 7. The van der Waals surface area contributed by atoms with E-state index in [-0.39, 0.29) is 5.91 Å². The Morgan fingerprint density at radius 3 is 2.67 bits per heavy atom. The number of benzene rings is 1. The van der Waals surface area contributed by atoms with Gasteiger partial charge in [-0.3, -0.25) is 4.79 Å². The van der Waals surface area contributed by atoms with Crippen molar-refractivity contribution in [1.29, 1.82) is 0 Å². The van der Waals surface area contributed by atoms with E-state index in [1.807, 2.05) is 6.92 Å². The van der Waals surface area contributed by atoms with Crippen LogP contribution in [0.3, 0.4) is 0 Å². The molecule has 1 aromatic heterocycles. The summed E-state index contributed by atoms with van der Waals surface area (Å²) in [5.74, 6) is 1.49. The molecule has 0 radical (unpaired) electrons. The minimum atomic E-state index is -0.246. The molecule has 2 rings (SSSR count). The molecule has 2 aromatic rings. The van der Waals surface area contributed by atoms with E-state index in [1.165, 1.54) is 0 Å². The highest BCUT2D eigenvalue weighted by atomic mass is 16.5. The fourth-order valence-corrected chi connectivity index (χ4v) is 1.68. The van der Waals surface area contributed by atoms with E-state index in [4.69, 9.17) is 14.0 Å². The highest BCUT2D eigenvalue weighted by Crippen LogP contribution is 2.14. The number of aromatic nitrogens is 1. The van der Waals surface area contributed by atoms with Crippen molar-refractivity contribution in [2.75, 3.05) is 25.1 Å². The van der Waals surface area contributed by atoms with Gasteiger partial charge in [0.25, 0.3) is 5.91 Å². The monoisotopic (exact) mass is 290 g/mol. The molecule has 1 N–H and O–H groups in total. The predicted octanol–water partition coefficient (Wildman–Crippen LogP) is 2.65. The lowest BCUT2D eigenvalue weighted by Crippen LogP contribution is -2.12. The van der Waals surface area contributed by atoms with E-state index in [9.17, 15) is 4.79 Å². The summed E-state index contributed by atoms with van der Waals surface area (Å²) in [5, 5.41) is 6.37. The highest BCUT2D eigenvalue weighted by molar-refractivity contribution is 6.03. The second kappa shape index (κ2) is 7.44. The maximum Gasteiger partial charge on any atom is 0.256 e. The molecule has 1 aromatic carbocycles. The summed E-state index contributed by atoms with van der Waals surface area (Å²) in [6, 6.07) is 8.53. The molecule has 6 heteroatoms. The number of anilines is 1. The molecule has 0 aliphatic rings. The van der Waals surface area contributed by atoms with E-state index in [1.54, 1.807) is 37.3 Å². The van der Waals surface area contributed by atoms with Crippen LogP contribution < -0.4 is 10.1 Å². The number of aryl methyl sites for hydroxylation is 1. The summed E-state index contributed by atoms with van der Waals surface area (Å²) in [4.78, 5) is 12.0. The number of hydrogen-bond acceptors (Lipinski definition) is 5.